The van der Waals surface area contributed by atoms with Crippen molar-refractivity contribution in [3.63, 3.8) is 0 Å². The first-order chi connectivity index (χ1) is 20.9. The van der Waals surface area contributed by atoms with Gasteiger partial charge in [0.05, 0.1) is 0 Å². The largest absolute Gasteiger partial charge is 0.469 e. The minimum Gasteiger partial charge on any atom is -0.469 e. The van der Waals surface area contributed by atoms with Crippen LogP contribution in [0.15, 0.2) is 103 Å². The molecule has 2 heterocycles. The number of carbonyl (C=O) groups is 3. The van der Waals surface area contributed by atoms with Crippen molar-refractivity contribution in [1.29, 1.82) is 0 Å². The number of hydrogen-bond acceptors (Lipinski definition) is 4. The van der Waals surface area contributed by atoms with Crippen LogP contribution in [0.5, 0.6) is 0 Å². The molecule has 1 aromatic carbocycles. The third-order valence-electron chi connectivity index (χ3n) is 7.70. The molecular weight excluding hydrogens is 536 g/mol. The van der Waals surface area contributed by atoms with E-state index in [1.165, 1.54) is 6.08 Å². The zero-order chi connectivity index (χ0) is 30.8. The van der Waals surface area contributed by atoms with E-state index < -0.39 is 11.5 Å². The smallest absolute Gasteiger partial charge is 0.286 e. The van der Waals surface area contributed by atoms with Gasteiger partial charge in [-0.05, 0) is 64.2 Å². The van der Waals surface area contributed by atoms with Crippen molar-refractivity contribution in [3.05, 3.63) is 108 Å². The molecule has 0 aromatic heterocycles. The average Bonchev–Trinajstić information content (AvgIpc) is 3.62. The summed E-state index contributed by atoms with van der Waals surface area (Å²) in [6, 6.07) is 9.19. The summed E-state index contributed by atoms with van der Waals surface area (Å²) in [4.78, 5) is 39.9. The Morgan fingerprint density at radius 3 is 2.16 bits per heavy atom. The van der Waals surface area contributed by atoms with E-state index in [4.69, 9.17) is 4.74 Å². The predicted molar refractivity (Wildman–Crippen MR) is 174 cm³/mol. The first-order valence-electron chi connectivity index (χ1n) is 15.8. The fraction of sp³-hybridized carbons (Fsp3) is 0.432. The van der Waals surface area contributed by atoms with Crippen LogP contribution < -0.4 is 5.32 Å². The normalized spacial score (nSPS) is 20.8. The second kappa shape index (κ2) is 18.6. The van der Waals surface area contributed by atoms with Gasteiger partial charge in [0.15, 0.2) is 11.4 Å². The highest BCUT2D eigenvalue weighted by Gasteiger charge is 2.43. The lowest BCUT2D eigenvalue weighted by Crippen LogP contribution is -2.35. The van der Waals surface area contributed by atoms with Gasteiger partial charge in [-0.25, -0.2) is 0 Å². The molecule has 0 spiro atoms. The molecular formula is C37H48N2O4. The van der Waals surface area contributed by atoms with E-state index in [9.17, 15) is 14.4 Å². The van der Waals surface area contributed by atoms with E-state index in [-0.39, 0.29) is 23.4 Å². The molecule has 0 radical (unpaired) electrons. The Hall–Kier alpha value is -3.93. The van der Waals surface area contributed by atoms with Crippen molar-refractivity contribution in [2.45, 2.75) is 77.2 Å². The molecule has 43 heavy (non-hydrogen) atoms. The number of ether oxygens (including phenoxy) is 1. The molecule has 3 rings (SSSR count). The maximum Gasteiger partial charge on any atom is 0.286 e. The first kappa shape index (κ1) is 33.6. The number of rotatable bonds is 17. The predicted octanol–water partition coefficient (Wildman–Crippen LogP) is 7.27. The van der Waals surface area contributed by atoms with Crippen LogP contribution in [0.4, 0.5) is 0 Å². The Bertz CT molecular complexity index is 1220. The summed E-state index contributed by atoms with van der Waals surface area (Å²) in [5, 5.41) is 2.89. The van der Waals surface area contributed by atoms with E-state index in [1.54, 1.807) is 6.92 Å². The molecule has 0 bridgehead atoms. The third-order valence-corrected chi connectivity index (χ3v) is 7.70. The third kappa shape index (κ3) is 11.3. The molecule has 2 aliphatic heterocycles. The molecule has 2 aliphatic rings. The second-order valence-corrected chi connectivity index (χ2v) is 11.2. The highest BCUT2D eigenvalue weighted by Crippen LogP contribution is 2.34. The summed E-state index contributed by atoms with van der Waals surface area (Å²) in [5.74, 6) is -0.234. The number of benzene rings is 1. The van der Waals surface area contributed by atoms with Crippen LogP contribution in [0.25, 0.3) is 0 Å². The fourth-order valence-corrected chi connectivity index (χ4v) is 5.07. The lowest BCUT2D eigenvalue weighted by molar-refractivity contribution is -0.132. The maximum absolute atomic E-state index is 12.7. The highest BCUT2D eigenvalue weighted by atomic mass is 16.5. The van der Waals surface area contributed by atoms with Crippen LogP contribution in [-0.2, 0) is 24.7 Å². The van der Waals surface area contributed by atoms with Crippen molar-refractivity contribution in [3.8, 4) is 0 Å². The Kier molecular flexibility index (Phi) is 14.5. The summed E-state index contributed by atoms with van der Waals surface area (Å²) >= 11 is 0. The first-order valence-corrected chi connectivity index (χ1v) is 15.8. The summed E-state index contributed by atoms with van der Waals surface area (Å²) in [7, 11) is 0. The molecule has 1 N–H and O–H groups in total. The van der Waals surface area contributed by atoms with Gasteiger partial charge in [0.25, 0.3) is 5.91 Å². The van der Waals surface area contributed by atoms with Crippen LogP contribution in [0.2, 0.25) is 0 Å². The number of nitrogens with zero attached hydrogens (tertiary/aromatic N) is 1. The van der Waals surface area contributed by atoms with Crippen molar-refractivity contribution >= 4 is 17.6 Å². The Morgan fingerprint density at radius 1 is 0.930 bits per heavy atom. The van der Waals surface area contributed by atoms with Gasteiger partial charge in [0, 0.05) is 37.7 Å². The molecule has 1 aromatic rings. The molecule has 1 fully saturated rings. The van der Waals surface area contributed by atoms with Crippen LogP contribution in [-0.4, -0.2) is 42.1 Å². The quantitative estimate of drug-likeness (QED) is 0.154. The zero-order valence-corrected chi connectivity index (χ0v) is 25.9. The molecule has 0 saturated carbocycles. The van der Waals surface area contributed by atoms with Crippen molar-refractivity contribution in [2.75, 3.05) is 19.6 Å². The number of nitrogens with one attached hydrogen (secondary N) is 1. The minimum absolute atomic E-state index is 0.0392. The van der Waals surface area contributed by atoms with Gasteiger partial charge in [0.2, 0.25) is 11.7 Å². The minimum atomic E-state index is -1.18. The Morgan fingerprint density at radius 2 is 1.53 bits per heavy atom. The molecule has 6 nitrogen and oxygen atoms in total. The summed E-state index contributed by atoms with van der Waals surface area (Å²) in [5.41, 5.74) is -0.470. The van der Waals surface area contributed by atoms with Crippen molar-refractivity contribution in [1.82, 2.24) is 10.2 Å². The average molecular weight is 585 g/mol. The van der Waals surface area contributed by atoms with Crippen LogP contribution in [0, 0.1) is 5.92 Å². The topological polar surface area (TPSA) is 75.7 Å². The van der Waals surface area contributed by atoms with Gasteiger partial charge in [0.1, 0.15) is 0 Å². The number of carbonyl (C=O) groups excluding carboxylic acids is 3. The molecule has 2 amide bonds. The van der Waals surface area contributed by atoms with Crippen LogP contribution >= 0.6 is 0 Å². The lowest BCUT2D eigenvalue weighted by atomic mass is 9.92. The molecule has 230 valence electrons. The molecule has 6 heteroatoms. The number of allylic oxidation sites excluding steroid dienone is 10. The van der Waals surface area contributed by atoms with Gasteiger partial charge in [-0.2, -0.15) is 0 Å². The number of likely N-dealkylation sites (tertiary alicyclic amines) is 1. The molecule has 1 unspecified atom stereocenters. The number of amides is 2. The van der Waals surface area contributed by atoms with Gasteiger partial charge < -0.3 is 15.0 Å². The SMILES string of the molecule is CC/C=C\C/C=C\C/C=C\C/C=C\C/C=C\CCCC(=O)N1CC[C@@H](CNC(=O)C2=CC(=O)C(C)(c3ccccc3)O2)C1. The van der Waals surface area contributed by atoms with E-state index in [1.807, 2.05) is 35.2 Å². The summed E-state index contributed by atoms with van der Waals surface area (Å²) in [6.07, 6.45) is 31.2. The van der Waals surface area contributed by atoms with Gasteiger partial charge in [-0.1, -0.05) is 98.0 Å². The molecule has 0 aliphatic carbocycles. The van der Waals surface area contributed by atoms with E-state index in [0.717, 1.165) is 51.4 Å². The van der Waals surface area contributed by atoms with Gasteiger partial charge in [-0.3, -0.25) is 14.4 Å². The standard InChI is InChI=1S/C37H48N2O4/c1-3-4-5-6-7-8-9-10-11-12-13-14-15-16-17-18-22-25-35(41)39-27-26-31(30-39)29-38-36(42)33-28-34(40)37(2,43-33)32-23-20-19-21-24-32/h4-5,7-8,10-11,13-14,16-17,19-21,23-24,28,31H,3,6,9,12,15,18,22,25-27,29-30H2,1-2H3,(H,38,42)/b5-4-,8-7-,11-10-,14-13-,17-16-/t31-,37?/m0/s1. The molecule has 2 atom stereocenters. The maximum atomic E-state index is 12.7. The number of ketones is 1. The highest BCUT2D eigenvalue weighted by molar-refractivity contribution is 6.07. The van der Waals surface area contributed by atoms with Crippen LogP contribution in [0.3, 0.4) is 0 Å². The molecule has 1 saturated heterocycles. The van der Waals surface area contributed by atoms with Crippen LogP contribution in [0.1, 0.15) is 77.2 Å². The van der Waals surface area contributed by atoms with Crippen molar-refractivity contribution < 1.29 is 19.1 Å². The number of hydrogen-bond donors (Lipinski definition) is 1. The summed E-state index contributed by atoms with van der Waals surface area (Å²) in [6.45, 7) is 5.63. The van der Waals surface area contributed by atoms with Gasteiger partial charge >= 0.3 is 0 Å². The van der Waals surface area contributed by atoms with E-state index in [2.05, 4.69) is 73.0 Å². The fourth-order valence-electron chi connectivity index (χ4n) is 5.07. The van der Waals surface area contributed by atoms with Gasteiger partial charge in [-0.15, -0.1) is 0 Å². The Labute approximate surface area is 258 Å². The van der Waals surface area contributed by atoms with Crippen molar-refractivity contribution in [2.24, 2.45) is 5.92 Å². The lowest BCUT2D eigenvalue weighted by Gasteiger charge is -2.24. The number of unbranched alkanes of at least 4 members (excludes halogenated alkanes) is 1. The monoisotopic (exact) mass is 584 g/mol. The summed E-state index contributed by atoms with van der Waals surface area (Å²) < 4.78 is 5.83. The second-order valence-electron chi connectivity index (χ2n) is 11.2. The Balaban J connectivity index is 1.23. The zero-order valence-electron chi connectivity index (χ0n) is 25.9. The van der Waals surface area contributed by atoms with E-state index >= 15 is 0 Å². The van der Waals surface area contributed by atoms with E-state index in [0.29, 0.717) is 31.6 Å².